The first kappa shape index (κ1) is 21.4. The Bertz CT molecular complexity index is 941. The van der Waals surface area contributed by atoms with Crippen LogP contribution in [0, 0.1) is 0 Å². The number of carbonyl (C=O) groups is 2. The number of esters is 1. The van der Waals surface area contributed by atoms with Crippen molar-refractivity contribution in [2.24, 2.45) is 5.14 Å². The van der Waals surface area contributed by atoms with Crippen molar-refractivity contribution >= 4 is 21.9 Å². The third-order valence-electron chi connectivity index (χ3n) is 3.83. The number of nitrogens with two attached hydrogens (primary N) is 1. The zero-order valence-electron chi connectivity index (χ0n) is 15.5. The van der Waals surface area contributed by atoms with Crippen molar-refractivity contribution in [3.63, 3.8) is 0 Å². The molecule has 9 heteroatoms. The van der Waals surface area contributed by atoms with Gasteiger partial charge in [-0.3, -0.25) is 4.79 Å². The quantitative estimate of drug-likeness (QED) is 0.644. The van der Waals surface area contributed by atoms with Crippen molar-refractivity contribution in [3.05, 3.63) is 59.7 Å². The van der Waals surface area contributed by atoms with Gasteiger partial charge in [0.2, 0.25) is 10.0 Å². The number of rotatable bonds is 8. The maximum absolute atomic E-state index is 12.2. The number of carbonyl (C=O) groups excluding carboxylic acids is 2. The zero-order valence-corrected chi connectivity index (χ0v) is 16.4. The lowest BCUT2D eigenvalue weighted by atomic mass is 10.1. The molecule has 3 N–H and O–H groups in total. The van der Waals surface area contributed by atoms with Crippen LogP contribution in [-0.2, 0) is 19.6 Å². The van der Waals surface area contributed by atoms with Crippen LogP contribution >= 0.6 is 0 Å². The Morgan fingerprint density at radius 3 is 2.36 bits per heavy atom. The molecular formula is C19H22N2O6S. The number of hydrogen-bond donors (Lipinski definition) is 2. The van der Waals surface area contributed by atoms with Gasteiger partial charge in [-0.05, 0) is 43.7 Å². The van der Waals surface area contributed by atoms with E-state index in [9.17, 15) is 18.0 Å². The number of primary sulfonamides is 1. The van der Waals surface area contributed by atoms with Crippen LogP contribution in [0.3, 0.4) is 0 Å². The molecule has 28 heavy (non-hydrogen) atoms. The van der Waals surface area contributed by atoms with E-state index in [1.165, 1.54) is 12.1 Å². The van der Waals surface area contributed by atoms with Gasteiger partial charge in [-0.2, -0.15) is 0 Å². The second kappa shape index (κ2) is 9.34. The minimum absolute atomic E-state index is 0.0170. The van der Waals surface area contributed by atoms with Gasteiger partial charge in [0, 0.05) is 0 Å². The van der Waals surface area contributed by atoms with Crippen molar-refractivity contribution in [3.8, 4) is 5.75 Å². The molecular weight excluding hydrogens is 384 g/mol. The second-order valence-corrected chi connectivity index (χ2v) is 7.47. The van der Waals surface area contributed by atoms with E-state index >= 15 is 0 Å². The number of ether oxygens (including phenoxy) is 2. The lowest BCUT2D eigenvalue weighted by Crippen LogP contribution is -2.31. The van der Waals surface area contributed by atoms with Crippen molar-refractivity contribution in [2.45, 2.75) is 24.8 Å². The largest absolute Gasteiger partial charge is 0.493 e. The molecule has 0 unspecified atom stereocenters. The van der Waals surface area contributed by atoms with Crippen LogP contribution in [0.2, 0.25) is 0 Å². The van der Waals surface area contributed by atoms with Gasteiger partial charge < -0.3 is 14.8 Å². The molecule has 0 saturated carbocycles. The zero-order chi connectivity index (χ0) is 20.7. The smallest absolute Gasteiger partial charge is 0.342 e. The summed E-state index contributed by atoms with van der Waals surface area (Å²) in [5.74, 6) is -0.770. The highest BCUT2D eigenvalue weighted by atomic mass is 32.2. The fraction of sp³-hybridized carbons (Fsp3) is 0.263. The minimum atomic E-state index is -3.78. The monoisotopic (exact) mass is 406 g/mol. The van der Waals surface area contributed by atoms with Gasteiger partial charge in [0.25, 0.3) is 5.91 Å². The highest BCUT2D eigenvalue weighted by Crippen LogP contribution is 2.19. The molecule has 2 rings (SSSR count). The Morgan fingerprint density at radius 2 is 1.75 bits per heavy atom. The molecule has 0 aliphatic carbocycles. The molecule has 2 aromatic carbocycles. The standard InChI is InChI=1S/C19H22N2O6S/c1-3-26-17-7-5-4-6-16(17)19(23)27-12-18(22)21-13(2)14-8-10-15(11-9-14)28(20,24)25/h4-11,13H,3,12H2,1-2H3,(H,21,22)(H2,20,24,25)/t13-/m1/s1. The highest BCUT2D eigenvalue weighted by Gasteiger charge is 2.17. The Kier molecular flexibility index (Phi) is 7.13. The molecule has 0 aliphatic rings. The average Bonchev–Trinajstić information content (AvgIpc) is 2.66. The van der Waals surface area contributed by atoms with E-state index in [0.29, 0.717) is 17.9 Å². The first-order valence-electron chi connectivity index (χ1n) is 8.53. The summed E-state index contributed by atoms with van der Waals surface area (Å²) < 4.78 is 33.0. The fourth-order valence-corrected chi connectivity index (χ4v) is 2.95. The van der Waals surface area contributed by atoms with E-state index < -0.39 is 34.5 Å². The molecule has 0 bridgehead atoms. The summed E-state index contributed by atoms with van der Waals surface area (Å²) in [5.41, 5.74) is 0.914. The number of benzene rings is 2. The van der Waals surface area contributed by atoms with Crippen LogP contribution in [0.4, 0.5) is 0 Å². The summed E-state index contributed by atoms with van der Waals surface area (Å²) in [4.78, 5) is 24.2. The van der Waals surface area contributed by atoms with E-state index in [-0.39, 0.29) is 10.5 Å². The molecule has 0 saturated heterocycles. The number of nitrogens with one attached hydrogen (secondary N) is 1. The maximum atomic E-state index is 12.2. The first-order valence-corrected chi connectivity index (χ1v) is 10.1. The van der Waals surface area contributed by atoms with E-state index in [0.717, 1.165) is 0 Å². The molecule has 150 valence electrons. The molecule has 0 spiro atoms. The molecule has 0 heterocycles. The Labute approximate surface area is 163 Å². The number of hydrogen-bond acceptors (Lipinski definition) is 6. The van der Waals surface area contributed by atoms with Crippen LogP contribution in [0.25, 0.3) is 0 Å². The number of para-hydroxylation sites is 1. The summed E-state index contributed by atoms with van der Waals surface area (Å²) >= 11 is 0. The minimum Gasteiger partial charge on any atom is -0.493 e. The van der Waals surface area contributed by atoms with Gasteiger partial charge in [-0.15, -0.1) is 0 Å². The molecule has 1 amide bonds. The third-order valence-corrected chi connectivity index (χ3v) is 4.76. The molecule has 0 aromatic heterocycles. The fourth-order valence-electron chi connectivity index (χ4n) is 2.44. The second-order valence-electron chi connectivity index (χ2n) is 5.91. The van der Waals surface area contributed by atoms with Gasteiger partial charge in [0.1, 0.15) is 11.3 Å². The van der Waals surface area contributed by atoms with Crippen molar-refractivity contribution in [2.75, 3.05) is 13.2 Å². The highest BCUT2D eigenvalue weighted by molar-refractivity contribution is 7.89. The lowest BCUT2D eigenvalue weighted by molar-refractivity contribution is -0.124. The predicted octanol–water partition coefficient (Wildman–Crippen LogP) is 1.77. The topological polar surface area (TPSA) is 125 Å². The van der Waals surface area contributed by atoms with Gasteiger partial charge >= 0.3 is 5.97 Å². The number of sulfonamides is 1. The van der Waals surface area contributed by atoms with Crippen molar-refractivity contribution < 1.29 is 27.5 Å². The molecule has 2 aromatic rings. The molecule has 0 aliphatic heterocycles. The Hall–Kier alpha value is -2.91. The van der Waals surface area contributed by atoms with Crippen molar-refractivity contribution in [1.29, 1.82) is 0 Å². The molecule has 8 nitrogen and oxygen atoms in total. The predicted molar refractivity (Wildman–Crippen MR) is 102 cm³/mol. The van der Waals surface area contributed by atoms with Crippen LogP contribution in [0.15, 0.2) is 53.4 Å². The molecule has 0 fully saturated rings. The number of amides is 1. The Balaban J connectivity index is 1.92. The van der Waals surface area contributed by atoms with Gasteiger partial charge in [0.15, 0.2) is 6.61 Å². The van der Waals surface area contributed by atoms with Crippen LogP contribution in [0.5, 0.6) is 5.75 Å². The van der Waals surface area contributed by atoms with E-state index in [4.69, 9.17) is 14.6 Å². The summed E-state index contributed by atoms with van der Waals surface area (Å²) in [6, 6.07) is 12.0. The summed E-state index contributed by atoms with van der Waals surface area (Å²) in [5, 5.41) is 7.73. The molecule has 1 atom stereocenters. The van der Waals surface area contributed by atoms with E-state index in [1.807, 2.05) is 0 Å². The lowest BCUT2D eigenvalue weighted by Gasteiger charge is -2.15. The average molecular weight is 406 g/mol. The Morgan fingerprint density at radius 1 is 1.11 bits per heavy atom. The van der Waals surface area contributed by atoms with Gasteiger partial charge in [0.05, 0.1) is 17.5 Å². The van der Waals surface area contributed by atoms with Crippen molar-refractivity contribution in [1.82, 2.24) is 5.32 Å². The van der Waals surface area contributed by atoms with Gasteiger partial charge in [-0.25, -0.2) is 18.4 Å². The first-order chi connectivity index (χ1) is 13.2. The summed E-state index contributed by atoms with van der Waals surface area (Å²) in [6.45, 7) is 3.45. The van der Waals surface area contributed by atoms with Crippen LogP contribution in [-0.4, -0.2) is 33.5 Å². The van der Waals surface area contributed by atoms with Crippen LogP contribution in [0.1, 0.15) is 35.8 Å². The van der Waals surface area contributed by atoms with E-state index in [2.05, 4.69) is 5.32 Å². The summed E-state index contributed by atoms with van der Waals surface area (Å²) in [7, 11) is -3.78. The summed E-state index contributed by atoms with van der Waals surface area (Å²) in [6.07, 6.45) is 0. The normalized spacial score (nSPS) is 12.1. The maximum Gasteiger partial charge on any atom is 0.342 e. The third kappa shape index (κ3) is 5.80. The SMILES string of the molecule is CCOc1ccccc1C(=O)OCC(=O)N[C@H](C)c1ccc(S(N)(=O)=O)cc1. The van der Waals surface area contributed by atoms with Crippen LogP contribution < -0.4 is 15.2 Å². The van der Waals surface area contributed by atoms with Gasteiger partial charge in [-0.1, -0.05) is 24.3 Å². The molecule has 0 radical (unpaired) electrons. The van der Waals surface area contributed by atoms with E-state index in [1.54, 1.807) is 50.2 Å².